The van der Waals surface area contributed by atoms with Gasteiger partial charge in [-0.05, 0) is 74.2 Å². The van der Waals surface area contributed by atoms with Crippen molar-refractivity contribution in [1.82, 2.24) is 9.97 Å². The molecule has 0 atom stereocenters. The fourth-order valence-corrected chi connectivity index (χ4v) is 4.50. The quantitative estimate of drug-likeness (QED) is 0.289. The van der Waals surface area contributed by atoms with Gasteiger partial charge in [-0.1, -0.05) is 42.0 Å². The fraction of sp³-hybridized carbons (Fsp3) is 0.172. The third kappa shape index (κ3) is 4.42. The number of hydrogen-bond donors (Lipinski definition) is 2. The van der Waals surface area contributed by atoms with Crippen molar-refractivity contribution in [3.8, 4) is 11.4 Å². The van der Waals surface area contributed by atoms with Gasteiger partial charge in [0.15, 0.2) is 0 Å². The molecule has 0 saturated heterocycles. The fourth-order valence-electron chi connectivity index (χ4n) is 4.50. The Balaban J connectivity index is 1.40. The maximum Gasteiger partial charge on any atom is 0.224 e. The van der Waals surface area contributed by atoms with E-state index in [9.17, 15) is 9.18 Å². The Bertz CT molecular complexity index is 1520. The second-order valence-electron chi connectivity index (χ2n) is 8.78. The van der Waals surface area contributed by atoms with Crippen LogP contribution in [0.5, 0.6) is 0 Å². The summed E-state index contributed by atoms with van der Waals surface area (Å²) in [6.07, 6.45) is 1.65. The smallest absolute Gasteiger partial charge is 0.224 e. The second kappa shape index (κ2) is 9.10. The summed E-state index contributed by atoms with van der Waals surface area (Å²) >= 11 is 0. The van der Waals surface area contributed by atoms with Crippen LogP contribution in [0.1, 0.15) is 29.5 Å². The number of aryl methyl sites for hydroxylation is 3. The van der Waals surface area contributed by atoms with Gasteiger partial charge in [-0.25, -0.2) is 9.37 Å². The van der Waals surface area contributed by atoms with Gasteiger partial charge in [0, 0.05) is 28.4 Å². The summed E-state index contributed by atoms with van der Waals surface area (Å²) in [5.41, 5.74) is 7.49. The Morgan fingerprint density at radius 1 is 1.00 bits per heavy atom. The van der Waals surface area contributed by atoms with E-state index in [4.69, 9.17) is 4.98 Å². The van der Waals surface area contributed by atoms with Crippen molar-refractivity contribution in [2.24, 2.45) is 0 Å². The number of H-pyrrole nitrogens is 1. The molecule has 0 unspecified atom stereocenters. The van der Waals surface area contributed by atoms with E-state index in [1.165, 1.54) is 6.07 Å². The van der Waals surface area contributed by atoms with Crippen LogP contribution in [-0.2, 0) is 11.2 Å². The maximum absolute atomic E-state index is 14.1. The monoisotopic (exact) mass is 451 g/mol. The molecule has 0 saturated carbocycles. The van der Waals surface area contributed by atoms with Crippen molar-refractivity contribution in [3.05, 3.63) is 95.3 Å². The van der Waals surface area contributed by atoms with Gasteiger partial charge in [-0.2, -0.15) is 0 Å². The average molecular weight is 452 g/mol. The van der Waals surface area contributed by atoms with Crippen LogP contribution in [0.15, 0.2) is 72.8 Å². The van der Waals surface area contributed by atoms with Crippen molar-refractivity contribution >= 4 is 33.4 Å². The zero-order valence-electron chi connectivity index (χ0n) is 19.3. The third-order valence-corrected chi connectivity index (χ3v) is 6.21. The van der Waals surface area contributed by atoms with Crippen LogP contribution in [-0.4, -0.2) is 15.9 Å². The number of hydrogen-bond acceptors (Lipinski definition) is 2. The number of aromatic amines is 1. The van der Waals surface area contributed by atoms with Gasteiger partial charge < -0.3 is 10.3 Å². The Kier molecular flexibility index (Phi) is 5.84. The summed E-state index contributed by atoms with van der Waals surface area (Å²) in [6.45, 7) is 4.02. The van der Waals surface area contributed by atoms with Gasteiger partial charge in [0.1, 0.15) is 5.82 Å². The van der Waals surface area contributed by atoms with Crippen molar-refractivity contribution in [3.63, 3.8) is 0 Å². The number of amides is 1. The number of para-hydroxylation sites is 1. The highest BCUT2D eigenvalue weighted by Crippen LogP contribution is 2.32. The molecule has 0 spiro atoms. The van der Waals surface area contributed by atoms with Crippen LogP contribution in [0.4, 0.5) is 10.1 Å². The number of benzene rings is 3. The first-order valence-electron chi connectivity index (χ1n) is 11.5. The molecule has 170 valence electrons. The summed E-state index contributed by atoms with van der Waals surface area (Å²) in [5, 5.41) is 4.91. The Morgan fingerprint density at radius 3 is 2.71 bits per heavy atom. The molecule has 0 fully saturated rings. The number of nitrogens with zero attached hydrogens (tertiary/aromatic N) is 1. The predicted molar refractivity (Wildman–Crippen MR) is 136 cm³/mol. The number of carbonyl (C=O) groups excluding carboxylic acids is 1. The minimum atomic E-state index is -0.279. The van der Waals surface area contributed by atoms with Crippen LogP contribution >= 0.6 is 0 Å². The summed E-state index contributed by atoms with van der Waals surface area (Å²) in [4.78, 5) is 20.9. The highest BCUT2D eigenvalue weighted by Gasteiger charge is 2.16. The normalized spacial score (nSPS) is 11.3. The number of rotatable bonds is 6. The van der Waals surface area contributed by atoms with E-state index in [1.807, 2.05) is 62.4 Å². The number of pyridine rings is 1. The second-order valence-corrected chi connectivity index (χ2v) is 8.78. The molecule has 5 aromatic rings. The molecule has 3 aromatic carbocycles. The Hall–Kier alpha value is -3.99. The third-order valence-electron chi connectivity index (χ3n) is 6.21. The van der Waals surface area contributed by atoms with Crippen LogP contribution < -0.4 is 5.32 Å². The van der Waals surface area contributed by atoms with E-state index in [0.29, 0.717) is 19.3 Å². The van der Waals surface area contributed by atoms with Gasteiger partial charge in [0.25, 0.3) is 0 Å². The molecule has 0 aliphatic carbocycles. The molecule has 2 N–H and O–H groups in total. The minimum Gasteiger partial charge on any atom is -0.353 e. The molecule has 0 bridgehead atoms. The highest BCUT2D eigenvalue weighted by atomic mass is 19.1. The number of nitrogens with one attached hydrogen (secondary N) is 2. The number of fused-ring (bicyclic) bond motifs is 2. The van der Waals surface area contributed by atoms with Crippen LogP contribution in [0, 0.1) is 19.7 Å². The van der Waals surface area contributed by atoms with Crippen LogP contribution in [0.2, 0.25) is 0 Å². The lowest BCUT2D eigenvalue weighted by Gasteiger charge is -2.10. The molecule has 5 heteroatoms. The lowest BCUT2D eigenvalue weighted by atomic mass is 10.0. The predicted octanol–water partition coefficient (Wildman–Crippen LogP) is 7.10. The highest BCUT2D eigenvalue weighted by molar-refractivity contribution is 5.93. The first-order valence-corrected chi connectivity index (χ1v) is 11.5. The average Bonchev–Trinajstić information content (AvgIpc) is 3.18. The topological polar surface area (TPSA) is 57.8 Å². The summed E-state index contributed by atoms with van der Waals surface area (Å²) in [5.74, 6) is -0.304. The lowest BCUT2D eigenvalue weighted by Crippen LogP contribution is -2.12. The summed E-state index contributed by atoms with van der Waals surface area (Å²) in [7, 11) is 0. The van der Waals surface area contributed by atoms with Crippen LogP contribution in [0.3, 0.4) is 0 Å². The van der Waals surface area contributed by atoms with Gasteiger partial charge in [0.2, 0.25) is 5.91 Å². The van der Waals surface area contributed by atoms with E-state index in [-0.39, 0.29) is 11.7 Å². The first kappa shape index (κ1) is 21.8. The first-order chi connectivity index (χ1) is 16.5. The largest absolute Gasteiger partial charge is 0.353 e. The lowest BCUT2D eigenvalue weighted by molar-refractivity contribution is -0.116. The van der Waals surface area contributed by atoms with Crippen molar-refractivity contribution < 1.29 is 9.18 Å². The molecule has 34 heavy (non-hydrogen) atoms. The van der Waals surface area contributed by atoms with Crippen molar-refractivity contribution in [1.29, 1.82) is 0 Å². The van der Waals surface area contributed by atoms with Gasteiger partial charge in [-0.15, -0.1) is 0 Å². The molecule has 2 aromatic heterocycles. The minimum absolute atomic E-state index is 0.0247. The van der Waals surface area contributed by atoms with Crippen molar-refractivity contribution in [2.75, 3.05) is 5.32 Å². The SMILES string of the molecule is Cc1ccc(NC(=O)CCCc2c(-c3ccc4ccccc4n3)[nH]c3ccc(F)cc23)c(C)c1. The van der Waals surface area contributed by atoms with E-state index in [2.05, 4.69) is 16.4 Å². The molecular weight excluding hydrogens is 425 g/mol. The standard InChI is InChI=1S/C29H26FN3O/c1-18-10-13-24(19(2)16-18)32-28(34)9-5-7-22-23-17-21(30)12-15-26(23)33-29(22)27-14-11-20-6-3-4-8-25(20)31-27/h3-4,6,8,10-17,33H,5,7,9H2,1-2H3,(H,32,34). The summed E-state index contributed by atoms with van der Waals surface area (Å²) < 4.78 is 14.1. The molecule has 1 amide bonds. The number of aromatic nitrogens is 2. The van der Waals surface area contributed by atoms with E-state index < -0.39 is 0 Å². The maximum atomic E-state index is 14.1. The van der Waals surface area contributed by atoms with E-state index >= 15 is 0 Å². The Labute approximate surface area is 197 Å². The Morgan fingerprint density at radius 2 is 1.85 bits per heavy atom. The summed E-state index contributed by atoms with van der Waals surface area (Å²) in [6, 6.07) is 22.8. The van der Waals surface area contributed by atoms with E-state index in [1.54, 1.807) is 12.1 Å². The molecule has 4 nitrogen and oxygen atoms in total. The number of halogens is 1. The molecule has 2 heterocycles. The molecule has 0 radical (unpaired) electrons. The van der Waals surface area contributed by atoms with Gasteiger partial charge >= 0.3 is 0 Å². The number of anilines is 1. The zero-order chi connectivity index (χ0) is 23.7. The molecule has 0 aliphatic heterocycles. The zero-order valence-corrected chi connectivity index (χ0v) is 19.3. The van der Waals surface area contributed by atoms with E-state index in [0.717, 1.165) is 55.6 Å². The van der Waals surface area contributed by atoms with Gasteiger partial charge in [-0.3, -0.25) is 4.79 Å². The molecule has 5 rings (SSSR count). The van der Waals surface area contributed by atoms with Gasteiger partial charge in [0.05, 0.1) is 16.9 Å². The molecular formula is C29H26FN3O. The number of carbonyl (C=O) groups is 1. The molecule has 0 aliphatic rings. The van der Waals surface area contributed by atoms with Crippen molar-refractivity contribution in [2.45, 2.75) is 33.1 Å². The van der Waals surface area contributed by atoms with Crippen LogP contribution in [0.25, 0.3) is 33.2 Å².